The molecule has 0 radical (unpaired) electrons. The Bertz CT molecular complexity index is 732. The van der Waals surface area contributed by atoms with E-state index < -0.39 is 5.91 Å². The van der Waals surface area contributed by atoms with Gasteiger partial charge in [0.05, 0.1) is 0 Å². The number of anilines is 1. The van der Waals surface area contributed by atoms with Gasteiger partial charge in [0.15, 0.2) is 5.16 Å². The van der Waals surface area contributed by atoms with Crippen LogP contribution >= 0.6 is 11.8 Å². The van der Waals surface area contributed by atoms with Gasteiger partial charge in [-0.25, -0.2) is 9.89 Å². The van der Waals surface area contributed by atoms with Crippen LogP contribution in [-0.4, -0.2) is 20.7 Å². The highest BCUT2D eigenvalue weighted by Crippen LogP contribution is 2.38. The predicted molar refractivity (Wildman–Crippen MR) is 74.6 cm³/mol. The monoisotopic (exact) mass is 291 g/mol. The lowest BCUT2D eigenvalue weighted by Gasteiger charge is -2.07. The molecule has 1 aromatic carbocycles. The molecule has 1 aromatic heterocycles. The number of nitrogens with two attached hydrogens (primary N) is 2. The van der Waals surface area contributed by atoms with Crippen LogP contribution in [0.1, 0.15) is 29.2 Å². The van der Waals surface area contributed by atoms with Crippen molar-refractivity contribution < 1.29 is 4.79 Å². The number of nitrogens with zero attached hydrogens (tertiary/aromatic N) is 2. The van der Waals surface area contributed by atoms with Crippen LogP contribution in [0, 0.1) is 0 Å². The third kappa shape index (κ3) is 2.29. The summed E-state index contributed by atoms with van der Waals surface area (Å²) < 4.78 is 1.63. The van der Waals surface area contributed by atoms with Gasteiger partial charge in [-0.3, -0.25) is 9.36 Å². The molecule has 0 bridgehead atoms. The largest absolute Gasteiger partial charge is 0.398 e. The lowest BCUT2D eigenvalue weighted by atomic mass is 10.2. The summed E-state index contributed by atoms with van der Waals surface area (Å²) in [5, 5.41) is 6.99. The first-order chi connectivity index (χ1) is 9.56. The van der Waals surface area contributed by atoms with E-state index in [4.69, 9.17) is 11.5 Å². The quantitative estimate of drug-likeness (QED) is 0.717. The molecular formula is C12H13N5O2S. The Kier molecular flexibility index (Phi) is 3.01. The molecule has 0 spiro atoms. The minimum absolute atomic E-state index is 0.212. The molecule has 20 heavy (non-hydrogen) atoms. The average Bonchev–Trinajstić information content (AvgIpc) is 3.17. The maximum atomic E-state index is 11.7. The Hall–Kier alpha value is -2.22. The smallest absolute Gasteiger partial charge is 0.344 e. The fraction of sp³-hybridized carbons (Fsp3) is 0.250. The van der Waals surface area contributed by atoms with Crippen molar-refractivity contribution >= 4 is 23.4 Å². The summed E-state index contributed by atoms with van der Waals surface area (Å²) in [7, 11) is 0. The van der Waals surface area contributed by atoms with Gasteiger partial charge >= 0.3 is 5.69 Å². The molecule has 0 aliphatic heterocycles. The number of hydrogen-bond donors (Lipinski definition) is 3. The molecule has 0 atom stereocenters. The zero-order valence-corrected chi connectivity index (χ0v) is 11.3. The Balaban J connectivity index is 1.97. The number of nitrogens with one attached hydrogen (secondary N) is 1. The van der Waals surface area contributed by atoms with E-state index in [9.17, 15) is 9.59 Å². The van der Waals surface area contributed by atoms with E-state index in [1.807, 2.05) is 0 Å². The minimum atomic E-state index is -0.520. The van der Waals surface area contributed by atoms with Crippen LogP contribution in [-0.2, 0) is 0 Å². The number of hydrogen-bond acceptors (Lipinski definition) is 5. The van der Waals surface area contributed by atoms with Crippen molar-refractivity contribution in [1.82, 2.24) is 14.8 Å². The first-order valence-corrected chi connectivity index (χ1v) is 6.92. The molecule has 1 amide bonds. The highest BCUT2D eigenvalue weighted by Gasteiger charge is 2.29. The summed E-state index contributed by atoms with van der Waals surface area (Å²) in [6.07, 6.45) is 1.95. The van der Waals surface area contributed by atoms with Gasteiger partial charge in [-0.1, -0.05) is 0 Å². The number of carbonyl (C=O) groups is 1. The molecule has 8 heteroatoms. The minimum Gasteiger partial charge on any atom is -0.398 e. The van der Waals surface area contributed by atoms with Crippen molar-refractivity contribution in [1.29, 1.82) is 0 Å². The molecule has 1 saturated carbocycles. The van der Waals surface area contributed by atoms with Gasteiger partial charge in [0.1, 0.15) is 0 Å². The molecule has 1 aliphatic rings. The number of rotatable bonds is 4. The number of aromatic amines is 1. The van der Waals surface area contributed by atoms with Crippen LogP contribution in [0.4, 0.5) is 5.69 Å². The second-order valence-electron chi connectivity index (χ2n) is 4.63. The van der Waals surface area contributed by atoms with Gasteiger partial charge in [0.25, 0.3) is 0 Å². The number of H-pyrrole nitrogens is 1. The lowest BCUT2D eigenvalue weighted by Crippen LogP contribution is -2.16. The number of amides is 1. The average molecular weight is 291 g/mol. The third-order valence-electron chi connectivity index (χ3n) is 3.08. The molecule has 1 fully saturated rings. The van der Waals surface area contributed by atoms with Gasteiger partial charge in [-0.15, -0.1) is 5.10 Å². The molecule has 0 saturated heterocycles. The molecule has 2 aromatic rings. The van der Waals surface area contributed by atoms with Crippen LogP contribution < -0.4 is 17.2 Å². The lowest BCUT2D eigenvalue weighted by molar-refractivity contribution is 0.1000. The van der Waals surface area contributed by atoms with E-state index in [-0.39, 0.29) is 11.7 Å². The highest BCUT2D eigenvalue weighted by molar-refractivity contribution is 7.99. The number of carbonyl (C=O) groups excluding carboxylic acids is 1. The number of primary amides is 1. The molecule has 3 rings (SSSR count). The topological polar surface area (TPSA) is 120 Å². The van der Waals surface area contributed by atoms with Crippen LogP contribution in [0.15, 0.2) is 33.0 Å². The number of aromatic nitrogens is 3. The number of nitrogen functional groups attached to an aromatic ring is 1. The summed E-state index contributed by atoms with van der Waals surface area (Å²) in [4.78, 5) is 23.6. The van der Waals surface area contributed by atoms with Crippen molar-refractivity contribution in [2.45, 2.75) is 28.9 Å². The van der Waals surface area contributed by atoms with Crippen molar-refractivity contribution in [2.75, 3.05) is 5.73 Å². The summed E-state index contributed by atoms with van der Waals surface area (Å²) >= 11 is 1.25. The first kappa shape index (κ1) is 12.8. The molecule has 104 valence electrons. The van der Waals surface area contributed by atoms with Gasteiger partial charge < -0.3 is 11.5 Å². The number of benzene rings is 1. The van der Waals surface area contributed by atoms with E-state index in [2.05, 4.69) is 10.2 Å². The van der Waals surface area contributed by atoms with Crippen LogP contribution in [0.25, 0.3) is 0 Å². The summed E-state index contributed by atoms with van der Waals surface area (Å²) in [5.74, 6) is -0.520. The van der Waals surface area contributed by atoms with Crippen LogP contribution in [0.3, 0.4) is 0 Å². The Labute approximate surface area is 118 Å². The summed E-state index contributed by atoms with van der Waals surface area (Å²) in [6.45, 7) is 0. The van der Waals surface area contributed by atoms with E-state index in [0.717, 1.165) is 12.8 Å². The maximum Gasteiger partial charge on any atom is 0.344 e. The van der Waals surface area contributed by atoms with E-state index >= 15 is 0 Å². The van der Waals surface area contributed by atoms with Crippen molar-refractivity contribution in [3.63, 3.8) is 0 Å². The maximum absolute atomic E-state index is 11.7. The normalized spacial score (nSPS) is 14.4. The molecule has 1 heterocycles. The van der Waals surface area contributed by atoms with E-state index in [0.29, 0.717) is 21.3 Å². The second kappa shape index (κ2) is 4.71. The predicted octanol–water partition coefficient (Wildman–Crippen LogP) is 0.739. The fourth-order valence-corrected chi connectivity index (χ4v) is 2.88. The molecule has 5 N–H and O–H groups in total. The van der Waals surface area contributed by atoms with Crippen LogP contribution in [0.5, 0.6) is 0 Å². The van der Waals surface area contributed by atoms with Crippen molar-refractivity contribution in [3.8, 4) is 0 Å². The summed E-state index contributed by atoms with van der Waals surface area (Å²) in [6, 6.07) is 5.01. The van der Waals surface area contributed by atoms with Crippen LogP contribution in [0.2, 0.25) is 0 Å². The fourth-order valence-electron chi connectivity index (χ4n) is 1.89. The Morgan fingerprint density at radius 3 is 2.85 bits per heavy atom. The summed E-state index contributed by atoms with van der Waals surface area (Å²) in [5.41, 5.74) is 11.8. The van der Waals surface area contributed by atoms with E-state index in [1.165, 1.54) is 11.8 Å². The van der Waals surface area contributed by atoms with E-state index in [1.54, 1.807) is 22.8 Å². The molecular weight excluding hydrogens is 278 g/mol. The van der Waals surface area contributed by atoms with Crippen molar-refractivity contribution in [3.05, 3.63) is 34.2 Å². The van der Waals surface area contributed by atoms with Gasteiger partial charge in [-0.2, -0.15) is 0 Å². The van der Waals surface area contributed by atoms with Gasteiger partial charge in [0, 0.05) is 22.2 Å². The Morgan fingerprint density at radius 1 is 1.45 bits per heavy atom. The highest BCUT2D eigenvalue weighted by atomic mass is 32.2. The first-order valence-electron chi connectivity index (χ1n) is 6.10. The van der Waals surface area contributed by atoms with Gasteiger partial charge in [0.2, 0.25) is 5.91 Å². The third-order valence-corrected chi connectivity index (χ3v) is 4.13. The second-order valence-corrected chi connectivity index (χ2v) is 5.64. The zero-order valence-electron chi connectivity index (χ0n) is 10.5. The zero-order chi connectivity index (χ0) is 14.3. The van der Waals surface area contributed by atoms with Gasteiger partial charge in [-0.05, 0) is 42.8 Å². The standard InChI is InChI=1S/C12H13N5O2S/c13-8-4-1-6(10(14)18)5-9(8)20-12-16-15-11(19)17(12)7-2-3-7/h1,4-5,7H,2-3,13H2,(H2,14,18)(H,15,19). The molecule has 0 unspecified atom stereocenters. The molecule has 7 nitrogen and oxygen atoms in total. The van der Waals surface area contributed by atoms with Crippen molar-refractivity contribution in [2.24, 2.45) is 5.73 Å². The Morgan fingerprint density at radius 2 is 2.20 bits per heavy atom. The molecule has 1 aliphatic carbocycles. The SMILES string of the molecule is NC(=O)c1ccc(N)c(Sc2n[nH]c(=O)n2C2CC2)c1.